The summed E-state index contributed by atoms with van der Waals surface area (Å²) in [7, 11) is 0. The van der Waals surface area contributed by atoms with Gasteiger partial charge in [-0.3, -0.25) is 9.59 Å². The van der Waals surface area contributed by atoms with Gasteiger partial charge in [0.05, 0.1) is 0 Å². The van der Waals surface area contributed by atoms with Gasteiger partial charge in [-0.25, -0.2) is 0 Å². The van der Waals surface area contributed by atoms with Gasteiger partial charge in [-0.15, -0.1) is 11.8 Å². The largest absolute Gasteiger partial charge is 0.460 e. The normalized spacial score (nSPS) is 10.2. The van der Waals surface area contributed by atoms with Crippen LogP contribution >= 0.6 is 11.8 Å². The first-order valence-electron chi connectivity index (χ1n) is 9.04. The molecule has 3 rings (SSSR count). The van der Waals surface area contributed by atoms with Crippen molar-refractivity contribution >= 4 is 23.6 Å². The van der Waals surface area contributed by atoms with Crippen LogP contribution in [0.25, 0.3) is 0 Å². The molecule has 1 amide bonds. The van der Waals surface area contributed by atoms with Gasteiger partial charge in [0.15, 0.2) is 0 Å². The molecule has 0 bridgehead atoms. The topological polar surface area (TPSA) is 64.6 Å². The van der Waals surface area contributed by atoms with Gasteiger partial charge in [0.25, 0.3) is 5.91 Å². The number of para-hydroxylation sites is 1. The highest BCUT2D eigenvalue weighted by Crippen LogP contribution is 2.21. The molecule has 29 heavy (non-hydrogen) atoms. The van der Waals surface area contributed by atoms with Crippen LogP contribution in [0.2, 0.25) is 0 Å². The van der Waals surface area contributed by atoms with Crippen LogP contribution in [-0.2, 0) is 16.1 Å². The van der Waals surface area contributed by atoms with Gasteiger partial charge in [0.1, 0.15) is 24.7 Å². The lowest BCUT2D eigenvalue weighted by atomic mass is 10.2. The number of hydrogen-bond donors (Lipinski definition) is 1. The third-order valence-corrected chi connectivity index (χ3v) is 4.79. The summed E-state index contributed by atoms with van der Waals surface area (Å²) in [6.45, 7) is -0.0150. The lowest BCUT2D eigenvalue weighted by molar-refractivity contribution is -0.143. The number of carbonyl (C=O) groups is 2. The molecule has 6 heteroatoms. The molecule has 0 saturated carbocycles. The standard InChI is InChI=1S/C23H21NO4S/c1-29-21-13-7-17(8-14-21)16-27-22(25)15-24-23(26)18-9-11-20(12-10-18)28-19-5-3-2-4-6-19/h2-14H,15-16H2,1H3,(H,24,26). The third-order valence-electron chi connectivity index (χ3n) is 4.05. The Bertz CT molecular complexity index is 941. The van der Waals surface area contributed by atoms with E-state index in [2.05, 4.69) is 5.32 Å². The minimum atomic E-state index is -0.490. The second kappa shape index (κ2) is 10.3. The number of benzene rings is 3. The van der Waals surface area contributed by atoms with E-state index in [4.69, 9.17) is 9.47 Å². The van der Waals surface area contributed by atoms with E-state index in [1.54, 1.807) is 36.0 Å². The first kappa shape index (κ1) is 20.5. The number of hydrogen-bond acceptors (Lipinski definition) is 5. The summed E-state index contributed by atoms with van der Waals surface area (Å²) >= 11 is 1.65. The highest BCUT2D eigenvalue weighted by atomic mass is 32.2. The molecule has 0 unspecified atom stereocenters. The molecule has 0 aliphatic heterocycles. The van der Waals surface area contributed by atoms with Gasteiger partial charge in [-0.2, -0.15) is 0 Å². The summed E-state index contributed by atoms with van der Waals surface area (Å²) in [5.74, 6) is 0.504. The molecule has 3 aromatic carbocycles. The van der Waals surface area contributed by atoms with Gasteiger partial charge in [-0.1, -0.05) is 30.3 Å². The smallest absolute Gasteiger partial charge is 0.325 e. The van der Waals surface area contributed by atoms with E-state index in [9.17, 15) is 9.59 Å². The Labute approximate surface area is 174 Å². The Morgan fingerprint density at radius 2 is 1.52 bits per heavy atom. The molecule has 5 nitrogen and oxygen atoms in total. The molecule has 0 saturated heterocycles. The van der Waals surface area contributed by atoms with E-state index >= 15 is 0 Å². The highest BCUT2D eigenvalue weighted by molar-refractivity contribution is 7.98. The summed E-state index contributed by atoms with van der Waals surface area (Å²) in [6, 6.07) is 23.9. The second-order valence-electron chi connectivity index (χ2n) is 6.13. The van der Waals surface area contributed by atoms with Gasteiger partial charge in [0.2, 0.25) is 0 Å². The van der Waals surface area contributed by atoms with Crippen molar-refractivity contribution in [3.63, 3.8) is 0 Å². The number of carbonyl (C=O) groups excluding carboxylic acids is 2. The molecule has 0 spiro atoms. The SMILES string of the molecule is CSc1ccc(COC(=O)CNC(=O)c2ccc(Oc3ccccc3)cc2)cc1. The van der Waals surface area contributed by atoms with E-state index in [1.165, 1.54) is 0 Å². The van der Waals surface area contributed by atoms with Crippen LogP contribution in [-0.4, -0.2) is 24.7 Å². The van der Waals surface area contributed by atoms with Crippen LogP contribution in [0, 0.1) is 0 Å². The fraction of sp³-hybridized carbons (Fsp3) is 0.130. The molecule has 148 valence electrons. The molecule has 0 atom stereocenters. The predicted molar refractivity (Wildman–Crippen MR) is 113 cm³/mol. The lowest BCUT2D eigenvalue weighted by Gasteiger charge is -2.08. The number of rotatable bonds is 8. The fourth-order valence-corrected chi connectivity index (χ4v) is 2.90. The Kier molecular flexibility index (Phi) is 7.30. The van der Waals surface area contributed by atoms with E-state index in [1.807, 2.05) is 60.9 Å². The first-order chi connectivity index (χ1) is 14.1. The van der Waals surface area contributed by atoms with Crippen LogP contribution in [0.15, 0.2) is 83.8 Å². The minimum absolute atomic E-state index is 0.175. The van der Waals surface area contributed by atoms with Gasteiger partial charge in [-0.05, 0) is 60.4 Å². The maximum atomic E-state index is 12.2. The van der Waals surface area contributed by atoms with Crippen molar-refractivity contribution in [3.8, 4) is 11.5 Å². The molecule has 3 aromatic rings. The van der Waals surface area contributed by atoms with Gasteiger partial charge in [0, 0.05) is 10.5 Å². The summed E-state index contributed by atoms with van der Waals surface area (Å²) in [5, 5.41) is 2.56. The molecule has 0 heterocycles. The number of nitrogens with one attached hydrogen (secondary N) is 1. The molecule has 0 aromatic heterocycles. The zero-order valence-corrected chi connectivity index (χ0v) is 16.8. The van der Waals surface area contributed by atoms with Crippen molar-refractivity contribution in [2.24, 2.45) is 0 Å². The van der Waals surface area contributed by atoms with Gasteiger partial charge >= 0.3 is 5.97 Å². The molecular formula is C23H21NO4S. The number of thioether (sulfide) groups is 1. The lowest BCUT2D eigenvalue weighted by Crippen LogP contribution is -2.30. The summed E-state index contributed by atoms with van der Waals surface area (Å²) in [5.41, 5.74) is 1.34. The van der Waals surface area contributed by atoms with Crippen molar-refractivity contribution in [3.05, 3.63) is 90.0 Å². The average Bonchev–Trinajstić information content (AvgIpc) is 2.77. The summed E-state index contributed by atoms with van der Waals surface area (Å²) in [4.78, 5) is 25.2. The number of esters is 1. The predicted octanol–water partition coefficient (Wildman–Crippen LogP) is 4.67. The average molecular weight is 407 g/mol. The maximum absolute atomic E-state index is 12.2. The number of ether oxygens (including phenoxy) is 2. The molecule has 0 radical (unpaired) electrons. The Balaban J connectivity index is 1.44. The number of amides is 1. The fourth-order valence-electron chi connectivity index (χ4n) is 2.49. The monoisotopic (exact) mass is 407 g/mol. The van der Waals surface area contributed by atoms with Crippen LogP contribution in [0.3, 0.4) is 0 Å². The molecule has 0 fully saturated rings. The van der Waals surface area contributed by atoms with E-state index in [0.717, 1.165) is 16.2 Å². The van der Waals surface area contributed by atoms with Gasteiger partial charge < -0.3 is 14.8 Å². The third kappa shape index (κ3) is 6.40. The zero-order chi connectivity index (χ0) is 20.5. The van der Waals surface area contributed by atoms with Crippen LogP contribution < -0.4 is 10.1 Å². The first-order valence-corrected chi connectivity index (χ1v) is 10.3. The van der Waals surface area contributed by atoms with Crippen LogP contribution in [0.5, 0.6) is 11.5 Å². The Hall–Kier alpha value is -3.25. The van der Waals surface area contributed by atoms with E-state index < -0.39 is 5.97 Å². The van der Waals surface area contributed by atoms with Crippen molar-refractivity contribution in [1.29, 1.82) is 0 Å². The molecule has 0 aliphatic rings. The molecule has 1 N–H and O–H groups in total. The van der Waals surface area contributed by atoms with Crippen molar-refractivity contribution < 1.29 is 19.1 Å². The van der Waals surface area contributed by atoms with E-state index in [-0.39, 0.29) is 19.1 Å². The molecular weight excluding hydrogens is 386 g/mol. The Morgan fingerprint density at radius 3 is 2.17 bits per heavy atom. The maximum Gasteiger partial charge on any atom is 0.325 e. The molecule has 0 aliphatic carbocycles. The van der Waals surface area contributed by atoms with Crippen LogP contribution in [0.4, 0.5) is 0 Å². The van der Waals surface area contributed by atoms with Crippen molar-refractivity contribution in [2.45, 2.75) is 11.5 Å². The minimum Gasteiger partial charge on any atom is -0.460 e. The van der Waals surface area contributed by atoms with E-state index in [0.29, 0.717) is 11.3 Å². The quantitative estimate of drug-likeness (QED) is 0.434. The zero-order valence-electron chi connectivity index (χ0n) is 16.0. The van der Waals surface area contributed by atoms with Crippen LogP contribution in [0.1, 0.15) is 15.9 Å². The van der Waals surface area contributed by atoms with Crippen molar-refractivity contribution in [2.75, 3.05) is 12.8 Å². The summed E-state index contributed by atoms with van der Waals surface area (Å²) < 4.78 is 10.9. The highest BCUT2D eigenvalue weighted by Gasteiger charge is 2.09. The summed E-state index contributed by atoms with van der Waals surface area (Å²) in [6.07, 6.45) is 2.00. The Morgan fingerprint density at radius 1 is 0.862 bits per heavy atom. The second-order valence-corrected chi connectivity index (χ2v) is 7.01. The van der Waals surface area contributed by atoms with Crippen molar-refractivity contribution in [1.82, 2.24) is 5.32 Å².